The van der Waals surface area contributed by atoms with Gasteiger partial charge in [-0.3, -0.25) is 9.48 Å². The minimum Gasteiger partial charge on any atom is -0.479 e. The molecule has 0 radical (unpaired) electrons. The normalized spacial score (nSPS) is 16.9. The van der Waals surface area contributed by atoms with Gasteiger partial charge in [-0.1, -0.05) is 45.1 Å². The number of unbranched alkanes of at least 4 members (excludes halogenated alkanes) is 4. The summed E-state index contributed by atoms with van der Waals surface area (Å²) in [6.07, 6.45) is 10.2. The van der Waals surface area contributed by atoms with E-state index in [0.717, 1.165) is 48.6 Å². The predicted molar refractivity (Wildman–Crippen MR) is 132 cm³/mol. The average Bonchev–Trinajstić information content (AvgIpc) is 3.21. The Morgan fingerprint density at radius 3 is 2.85 bits per heavy atom. The summed E-state index contributed by atoms with van der Waals surface area (Å²) in [5.74, 6) is -0.715. The molecule has 1 amide bonds. The lowest BCUT2D eigenvalue weighted by molar-refractivity contribution is -0.145. The quantitative estimate of drug-likeness (QED) is 0.387. The van der Waals surface area contributed by atoms with Crippen LogP contribution in [0.2, 0.25) is 0 Å². The molecule has 3 heterocycles. The van der Waals surface area contributed by atoms with Gasteiger partial charge in [0.25, 0.3) is 5.91 Å². The summed E-state index contributed by atoms with van der Waals surface area (Å²) in [6, 6.07) is 8.66. The molecule has 3 aromatic rings. The van der Waals surface area contributed by atoms with E-state index in [0.29, 0.717) is 30.6 Å². The second-order valence-corrected chi connectivity index (χ2v) is 9.22. The van der Waals surface area contributed by atoms with Crippen LogP contribution < -0.4 is 10.6 Å². The molecular weight excluding hydrogens is 430 g/mol. The molecule has 0 saturated heterocycles. The summed E-state index contributed by atoms with van der Waals surface area (Å²) in [5, 5.41) is 22.0. The lowest BCUT2D eigenvalue weighted by Gasteiger charge is -2.41. The first kappa shape index (κ1) is 23.7. The van der Waals surface area contributed by atoms with Gasteiger partial charge in [0, 0.05) is 30.4 Å². The summed E-state index contributed by atoms with van der Waals surface area (Å²) in [5.41, 5.74) is 0.833. The number of aryl methyl sites for hydroxylation is 2. The number of aromatic nitrogens is 3. The smallest absolute Gasteiger partial charge is 0.331 e. The maximum absolute atomic E-state index is 13.4. The molecule has 1 unspecified atom stereocenters. The van der Waals surface area contributed by atoms with Crippen LogP contribution in [0.15, 0.2) is 42.7 Å². The number of carbonyl (C=O) groups excluding carboxylic acids is 1. The highest BCUT2D eigenvalue weighted by Gasteiger charge is 2.48. The van der Waals surface area contributed by atoms with Crippen LogP contribution >= 0.6 is 0 Å². The molecule has 2 aromatic heterocycles. The molecule has 8 heteroatoms. The van der Waals surface area contributed by atoms with Crippen LogP contribution in [-0.2, 0) is 18.3 Å². The summed E-state index contributed by atoms with van der Waals surface area (Å²) in [7, 11) is 1.83. The number of carboxylic acid groups (broad SMARTS) is 1. The molecule has 180 valence electrons. The van der Waals surface area contributed by atoms with E-state index in [1.807, 2.05) is 25.4 Å². The SMILES string of the molecule is CCCCCCC[C@@](NC(=O)c1ccc2nn(C)cc2c1)(C(=O)O)C1CCc2cccnc2N1. The van der Waals surface area contributed by atoms with E-state index >= 15 is 0 Å². The number of amides is 1. The van der Waals surface area contributed by atoms with E-state index in [2.05, 4.69) is 27.6 Å². The van der Waals surface area contributed by atoms with Crippen molar-refractivity contribution in [3.63, 3.8) is 0 Å². The van der Waals surface area contributed by atoms with Crippen molar-refractivity contribution in [1.82, 2.24) is 20.1 Å². The first-order valence-electron chi connectivity index (χ1n) is 12.1. The Bertz CT molecular complexity index is 1170. The van der Waals surface area contributed by atoms with Crippen molar-refractivity contribution in [3.8, 4) is 0 Å². The number of hydrogen-bond acceptors (Lipinski definition) is 5. The highest BCUT2D eigenvalue weighted by atomic mass is 16.4. The van der Waals surface area contributed by atoms with E-state index in [-0.39, 0.29) is 0 Å². The molecule has 0 aliphatic carbocycles. The number of anilines is 1. The second-order valence-electron chi connectivity index (χ2n) is 9.22. The molecular formula is C26H33N5O3. The number of carboxylic acids is 1. The number of benzene rings is 1. The fourth-order valence-electron chi connectivity index (χ4n) is 4.88. The molecule has 1 aliphatic heterocycles. The van der Waals surface area contributed by atoms with Gasteiger partial charge in [0.1, 0.15) is 5.82 Å². The van der Waals surface area contributed by atoms with Crippen LogP contribution in [0.25, 0.3) is 10.9 Å². The van der Waals surface area contributed by atoms with Crippen molar-refractivity contribution < 1.29 is 14.7 Å². The number of nitrogens with zero attached hydrogens (tertiary/aromatic N) is 3. The van der Waals surface area contributed by atoms with Crippen molar-refractivity contribution in [2.75, 3.05) is 5.32 Å². The van der Waals surface area contributed by atoms with Gasteiger partial charge in [-0.05, 0) is 49.1 Å². The molecule has 0 fully saturated rings. The summed E-state index contributed by atoms with van der Waals surface area (Å²) >= 11 is 0. The van der Waals surface area contributed by atoms with Gasteiger partial charge in [0.2, 0.25) is 0 Å². The maximum Gasteiger partial charge on any atom is 0.331 e. The molecule has 1 aliphatic rings. The maximum atomic E-state index is 13.4. The van der Waals surface area contributed by atoms with Gasteiger partial charge in [-0.2, -0.15) is 5.10 Å². The van der Waals surface area contributed by atoms with Crippen LogP contribution in [0.4, 0.5) is 5.82 Å². The highest BCUT2D eigenvalue weighted by Crippen LogP contribution is 2.32. The standard InChI is InChI=1S/C26H33N5O3/c1-3-4-5-6-7-14-26(25(33)34,22-13-11-18-9-8-15-27-23(18)28-22)29-24(32)19-10-12-21-20(16-19)17-31(2)30-21/h8-10,12,15-17,22H,3-7,11,13-14H2,1-2H3,(H,27,28)(H,29,32)(H,33,34)/t22?,26-/m0/s1. The molecule has 0 spiro atoms. The monoisotopic (exact) mass is 463 g/mol. The van der Waals surface area contributed by atoms with Gasteiger partial charge in [0.05, 0.1) is 11.6 Å². The fraction of sp³-hybridized carbons (Fsp3) is 0.462. The van der Waals surface area contributed by atoms with Crippen LogP contribution in [-0.4, -0.2) is 43.3 Å². The molecule has 34 heavy (non-hydrogen) atoms. The topological polar surface area (TPSA) is 109 Å². The van der Waals surface area contributed by atoms with E-state index in [1.54, 1.807) is 29.1 Å². The number of hydrogen-bond donors (Lipinski definition) is 3. The Kier molecular flexibility index (Phi) is 7.14. The molecule has 8 nitrogen and oxygen atoms in total. The van der Waals surface area contributed by atoms with Crippen LogP contribution in [0.5, 0.6) is 0 Å². The number of pyridine rings is 1. The number of carbonyl (C=O) groups is 2. The zero-order chi connectivity index (χ0) is 24.1. The number of fused-ring (bicyclic) bond motifs is 2. The number of nitrogens with one attached hydrogen (secondary N) is 2. The lowest BCUT2D eigenvalue weighted by Crippen LogP contribution is -2.65. The Hall–Kier alpha value is -3.42. The van der Waals surface area contributed by atoms with Gasteiger partial charge in [-0.15, -0.1) is 0 Å². The third kappa shape index (κ3) is 4.90. The van der Waals surface area contributed by atoms with Crippen molar-refractivity contribution in [3.05, 3.63) is 53.9 Å². The highest BCUT2D eigenvalue weighted by molar-refractivity contribution is 6.01. The molecule has 0 saturated carbocycles. The van der Waals surface area contributed by atoms with Crippen LogP contribution in [0.3, 0.4) is 0 Å². The van der Waals surface area contributed by atoms with E-state index in [9.17, 15) is 14.7 Å². The van der Waals surface area contributed by atoms with E-state index < -0.39 is 23.5 Å². The largest absolute Gasteiger partial charge is 0.479 e. The predicted octanol–water partition coefficient (Wildman–Crippen LogP) is 4.31. The van der Waals surface area contributed by atoms with E-state index in [4.69, 9.17) is 0 Å². The minimum atomic E-state index is -1.44. The molecule has 4 rings (SSSR count). The summed E-state index contributed by atoms with van der Waals surface area (Å²) in [4.78, 5) is 30.7. The first-order valence-corrected chi connectivity index (χ1v) is 12.1. The third-order valence-electron chi connectivity index (χ3n) is 6.77. The Morgan fingerprint density at radius 1 is 1.24 bits per heavy atom. The summed E-state index contributed by atoms with van der Waals surface area (Å²) < 4.78 is 1.70. The van der Waals surface area contributed by atoms with Crippen LogP contribution in [0.1, 0.15) is 67.8 Å². The minimum absolute atomic E-state index is 0.354. The lowest BCUT2D eigenvalue weighted by atomic mass is 9.79. The van der Waals surface area contributed by atoms with Crippen molar-refractivity contribution in [2.24, 2.45) is 7.05 Å². The van der Waals surface area contributed by atoms with Gasteiger partial charge in [0.15, 0.2) is 5.54 Å². The Balaban J connectivity index is 1.62. The summed E-state index contributed by atoms with van der Waals surface area (Å²) in [6.45, 7) is 2.15. The number of aliphatic carboxylic acids is 1. The van der Waals surface area contributed by atoms with Gasteiger partial charge < -0.3 is 15.7 Å². The van der Waals surface area contributed by atoms with Gasteiger partial charge in [-0.25, -0.2) is 9.78 Å². The number of rotatable bonds is 10. The van der Waals surface area contributed by atoms with Gasteiger partial charge >= 0.3 is 5.97 Å². The Labute approximate surface area is 199 Å². The Morgan fingerprint density at radius 2 is 2.06 bits per heavy atom. The fourth-order valence-corrected chi connectivity index (χ4v) is 4.88. The van der Waals surface area contributed by atoms with Crippen LogP contribution in [0, 0.1) is 0 Å². The second kappa shape index (κ2) is 10.2. The zero-order valence-corrected chi connectivity index (χ0v) is 19.9. The van der Waals surface area contributed by atoms with Crippen molar-refractivity contribution in [2.45, 2.75) is 69.9 Å². The molecule has 0 bridgehead atoms. The average molecular weight is 464 g/mol. The first-order chi connectivity index (χ1) is 16.4. The third-order valence-corrected chi connectivity index (χ3v) is 6.77. The van der Waals surface area contributed by atoms with Crippen molar-refractivity contribution >= 4 is 28.6 Å². The molecule has 3 N–H and O–H groups in total. The van der Waals surface area contributed by atoms with E-state index in [1.165, 1.54) is 0 Å². The molecule has 1 aromatic carbocycles. The zero-order valence-electron chi connectivity index (χ0n) is 19.9. The van der Waals surface area contributed by atoms with Crippen molar-refractivity contribution in [1.29, 1.82) is 0 Å². The molecule has 2 atom stereocenters.